The molecule has 0 aromatic heterocycles. The van der Waals surface area contributed by atoms with E-state index in [2.05, 4.69) is 0 Å². The van der Waals surface area contributed by atoms with Crippen LogP contribution in [0.25, 0.3) is 0 Å². The molecule has 0 aliphatic carbocycles. The highest BCUT2D eigenvalue weighted by atomic mass is 19.1. The summed E-state index contributed by atoms with van der Waals surface area (Å²) in [6.07, 6.45) is -0.415. The maximum Gasteiger partial charge on any atom is 0.129 e. The molecule has 18 heavy (non-hydrogen) atoms. The molecule has 3 N–H and O–H groups in total. The summed E-state index contributed by atoms with van der Waals surface area (Å²) in [6, 6.07) is 2.21. The molecule has 0 aliphatic rings. The summed E-state index contributed by atoms with van der Waals surface area (Å²) in [5, 5.41) is 9.60. The summed E-state index contributed by atoms with van der Waals surface area (Å²) in [7, 11) is 1.52. The van der Waals surface area contributed by atoms with Gasteiger partial charge in [-0.25, -0.2) is 8.78 Å². The fraction of sp³-hybridized carbons (Fsp3) is 0.500. The highest BCUT2D eigenvalue weighted by Gasteiger charge is 2.15. The molecule has 1 rings (SSSR count). The third-order valence-corrected chi connectivity index (χ3v) is 2.39. The van der Waals surface area contributed by atoms with E-state index < -0.39 is 23.8 Å². The second-order valence-corrected chi connectivity index (χ2v) is 3.93. The zero-order valence-electron chi connectivity index (χ0n) is 10.1. The van der Waals surface area contributed by atoms with Crippen molar-refractivity contribution in [3.05, 3.63) is 29.8 Å². The van der Waals surface area contributed by atoms with Crippen molar-refractivity contribution in [2.24, 2.45) is 5.73 Å². The Hall–Kier alpha value is -1.24. The van der Waals surface area contributed by atoms with Gasteiger partial charge in [0.05, 0.1) is 12.1 Å². The van der Waals surface area contributed by atoms with Crippen LogP contribution >= 0.6 is 0 Å². The summed E-state index contributed by atoms with van der Waals surface area (Å²) < 4.78 is 35.6. The number of nitrogens with two attached hydrogens (primary N) is 1. The first kappa shape index (κ1) is 14.8. The van der Waals surface area contributed by atoms with Gasteiger partial charge in [0.1, 0.15) is 24.0 Å². The molecule has 2 atom stereocenters. The molecule has 0 bridgehead atoms. The van der Waals surface area contributed by atoms with Crippen molar-refractivity contribution in [2.75, 3.05) is 20.3 Å². The number of methoxy groups -OCH3 is 1. The summed E-state index contributed by atoms with van der Waals surface area (Å²) in [6.45, 7) is 0.344. The zero-order chi connectivity index (χ0) is 13.5. The van der Waals surface area contributed by atoms with E-state index in [1.165, 1.54) is 7.11 Å². The summed E-state index contributed by atoms with van der Waals surface area (Å²) >= 11 is 0. The van der Waals surface area contributed by atoms with E-state index in [0.29, 0.717) is 13.0 Å². The second kappa shape index (κ2) is 7.25. The van der Waals surface area contributed by atoms with Gasteiger partial charge < -0.3 is 20.3 Å². The van der Waals surface area contributed by atoms with Crippen molar-refractivity contribution in [1.29, 1.82) is 0 Å². The van der Waals surface area contributed by atoms with Crippen LogP contribution in [0.5, 0.6) is 5.75 Å². The highest BCUT2D eigenvalue weighted by molar-refractivity contribution is 5.23. The lowest BCUT2D eigenvalue weighted by Gasteiger charge is -2.19. The lowest BCUT2D eigenvalue weighted by Crippen LogP contribution is -2.40. The van der Waals surface area contributed by atoms with Crippen molar-refractivity contribution in [3.63, 3.8) is 0 Å². The molecule has 0 amide bonds. The van der Waals surface area contributed by atoms with Crippen LogP contribution in [0.3, 0.4) is 0 Å². The first-order valence-corrected chi connectivity index (χ1v) is 5.54. The Kier molecular flexibility index (Phi) is 5.97. The van der Waals surface area contributed by atoms with Gasteiger partial charge in [-0.05, 0) is 6.42 Å². The first-order valence-electron chi connectivity index (χ1n) is 5.54. The first-order chi connectivity index (χ1) is 8.52. The van der Waals surface area contributed by atoms with Crippen LogP contribution < -0.4 is 10.5 Å². The van der Waals surface area contributed by atoms with E-state index in [0.717, 1.165) is 18.2 Å². The summed E-state index contributed by atoms with van der Waals surface area (Å²) in [5.41, 5.74) is 5.66. The number of hydrogen-bond acceptors (Lipinski definition) is 4. The number of rotatable bonds is 7. The number of ether oxygens (including phenoxy) is 2. The molecule has 0 saturated carbocycles. The number of benzene rings is 1. The van der Waals surface area contributed by atoms with Gasteiger partial charge in [0.25, 0.3) is 0 Å². The molecule has 1 aromatic rings. The van der Waals surface area contributed by atoms with Gasteiger partial charge >= 0.3 is 0 Å². The molecule has 0 heterocycles. The van der Waals surface area contributed by atoms with Crippen molar-refractivity contribution in [1.82, 2.24) is 0 Å². The minimum atomic E-state index is -0.789. The van der Waals surface area contributed by atoms with Crippen molar-refractivity contribution in [2.45, 2.75) is 18.6 Å². The minimum absolute atomic E-state index is 0.0340. The topological polar surface area (TPSA) is 64.7 Å². The standard InChI is InChI=1S/C12H17F2NO3/c1-17-3-2-12(16)11(15)7-18-10-5-8(13)4-9(14)6-10/h4-6,11-12,16H,2-3,7,15H2,1H3. The van der Waals surface area contributed by atoms with Crippen LogP contribution in [0.1, 0.15) is 6.42 Å². The largest absolute Gasteiger partial charge is 0.492 e. The quantitative estimate of drug-likeness (QED) is 0.770. The lowest BCUT2D eigenvalue weighted by atomic mass is 10.1. The van der Waals surface area contributed by atoms with Crippen LogP contribution in [0.2, 0.25) is 0 Å². The average Bonchev–Trinajstić information content (AvgIpc) is 2.31. The van der Waals surface area contributed by atoms with Crippen LogP contribution in [0.15, 0.2) is 18.2 Å². The van der Waals surface area contributed by atoms with Crippen LogP contribution in [0.4, 0.5) is 8.78 Å². The molecule has 102 valence electrons. The fourth-order valence-corrected chi connectivity index (χ4v) is 1.37. The Morgan fingerprint density at radius 1 is 1.28 bits per heavy atom. The molecule has 0 radical (unpaired) electrons. The molecule has 2 unspecified atom stereocenters. The summed E-state index contributed by atoms with van der Waals surface area (Å²) in [4.78, 5) is 0. The SMILES string of the molecule is COCCC(O)C(N)COc1cc(F)cc(F)c1. The van der Waals surface area contributed by atoms with Gasteiger partial charge in [-0.15, -0.1) is 0 Å². The van der Waals surface area contributed by atoms with Gasteiger partial charge in [-0.2, -0.15) is 0 Å². The predicted molar refractivity (Wildman–Crippen MR) is 62.3 cm³/mol. The van der Waals surface area contributed by atoms with Gasteiger partial charge in [0.2, 0.25) is 0 Å². The van der Waals surface area contributed by atoms with E-state index >= 15 is 0 Å². The van der Waals surface area contributed by atoms with E-state index in [1.54, 1.807) is 0 Å². The fourth-order valence-electron chi connectivity index (χ4n) is 1.37. The number of halogens is 2. The molecule has 0 spiro atoms. The van der Waals surface area contributed by atoms with Crippen LogP contribution in [0, 0.1) is 11.6 Å². The van der Waals surface area contributed by atoms with E-state index in [4.69, 9.17) is 15.2 Å². The molecular weight excluding hydrogens is 244 g/mol. The molecule has 1 aromatic carbocycles. The molecule has 0 fully saturated rings. The van der Waals surface area contributed by atoms with Crippen molar-refractivity contribution >= 4 is 0 Å². The van der Waals surface area contributed by atoms with Crippen LogP contribution in [-0.2, 0) is 4.74 Å². The molecule has 0 saturated heterocycles. The Labute approximate surface area is 104 Å². The maximum absolute atomic E-state index is 12.9. The lowest BCUT2D eigenvalue weighted by molar-refractivity contribution is 0.0759. The highest BCUT2D eigenvalue weighted by Crippen LogP contribution is 2.15. The van der Waals surface area contributed by atoms with Gasteiger partial charge in [0, 0.05) is 31.9 Å². The monoisotopic (exact) mass is 261 g/mol. The Bertz CT molecular complexity index is 356. The van der Waals surface area contributed by atoms with Crippen LogP contribution in [-0.4, -0.2) is 37.6 Å². The third-order valence-electron chi connectivity index (χ3n) is 2.39. The van der Waals surface area contributed by atoms with Crippen molar-refractivity contribution in [3.8, 4) is 5.75 Å². The normalized spacial score (nSPS) is 14.3. The molecule has 6 heteroatoms. The molecule has 0 aliphatic heterocycles. The molecule has 4 nitrogen and oxygen atoms in total. The second-order valence-electron chi connectivity index (χ2n) is 3.93. The van der Waals surface area contributed by atoms with Gasteiger partial charge in [0.15, 0.2) is 0 Å². The Morgan fingerprint density at radius 2 is 1.89 bits per heavy atom. The van der Waals surface area contributed by atoms with Gasteiger partial charge in [-0.1, -0.05) is 0 Å². The van der Waals surface area contributed by atoms with E-state index in [9.17, 15) is 13.9 Å². The Morgan fingerprint density at radius 3 is 2.44 bits per heavy atom. The van der Waals surface area contributed by atoms with Crippen molar-refractivity contribution < 1.29 is 23.4 Å². The molecular formula is C12H17F2NO3. The average molecular weight is 261 g/mol. The number of aliphatic hydroxyl groups excluding tert-OH is 1. The number of hydrogen-bond donors (Lipinski definition) is 2. The predicted octanol–water partition coefficient (Wildman–Crippen LogP) is 1.07. The third kappa shape index (κ3) is 4.95. The van der Waals surface area contributed by atoms with E-state index in [1.807, 2.05) is 0 Å². The maximum atomic E-state index is 12.9. The number of aliphatic hydroxyl groups is 1. The zero-order valence-corrected chi connectivity index (χ0v) is 10.1. The van der Waals surface area contributed by atoms with E-state index in [-0.39, 0.29) is 12.4 Å². The minimum Gasteiger partial charge on any atom is -0.492 e. The Balaban J connectivity index is 2.44. The smallest absolute Gasteiger partial charge is 0.129 e. The summed E-state index contributed by atoms with van der Waals surface area (Å²) in [5.74, 6) is -1.40. The van der Waals surface area contributed by atoms with Gasteiger partial charge in [-0.3, -0.25) is 0 Å².